The van der Waals surface area contributed by atoms with Crippen molar-refractivity contribution in [1.82, 2.24) is 0 Å². The maximum absolute atomic E-state index is 11.8. The number of anilines is 2. The molecule has 0 fully saturated rings. The van der Waals surface area contributed by atoms with Gasteiger partial charge in [-0.3, -0.25) is 4.79 Å². The minimum atomic E-state index is -0.380. The van der Waals surface area contributed by atoms with Crippen molar-refractivity contribution in [3.63, 3.8) is 0 Å². The molecule has 0 radical (unpaired) electrons. The number of ether oxygens (including phenoxy) is 1. The maximum Gasteiger partial charge on any atom is 0.262 e. The molecule has 0 aliphatic heterocycles. The van der Waals surface area contributed by atoms with Crippen molar-refractivity contribution < 1.29 is 9.53 Å². The highest BCUT2D eigenvalue weighted by atomic mass is 35.5. The summed E-state index contributed by atoms with van der Waals surface area (Å²) in [7, 11) is 0. The van der Waals surface area contributed by atoms with Crippen LogP contribution in [-0.2, 0) is 4.79 Å². The average Bonchev–Trinajstić information content (AvgIpc) is 2.40. The lowest BCUT2D eigenvalue weighted by Crippen LogP contribution is -2.21. The van der Waals surface area contributed by atoms with E-state index in [2.05, 4.69) is 5.32 Å². The first-order valence-corrected chi connectivity index (χ1v) is 7.02. The summed E-state index contributed by atoms with van der Waals surface area (Å²) in [6, 6.07) is 9.88. The summed E-state index contributed by atoms with van der Waals surface area (Å²) in [6.07, 6.45) is 0. The Bertz CT molecular complexity index is 654. The maximum atomic E-state index is 11.8. The smallest absolute Gasteiger partial charge is 0.262 e. The minimum absolute atomic E-state index is 0.207. The second-order valence-electron chi connectivity index (χ2n) is 4.12. The fraction of sp³-hybridized carbons (Fsp3) is 0.0714. The van der Waals surface area contributed by atoms with Gasteiger partial charge in [0.1, 0.15) is 0 Å². The van der Waals surface area contributed by atoms with Crippen LogP contribution in [0, 0.1) is 0 Å². The van der Waals surface area contributed by atoms with Gasteiger partial charge < -0.3 is 15.8 Å². The summed E-state index contributed by atoms with van der Waals surface area (Å²) >= 11 is 17.7. The Morgan fingerprint density at radius 2 is 1.76 bits per heavy atom. The van der Waals surface area contributed by atoms with Crippen molar-refractivity contribution in [2.45, 2.75) is 0 Å². The van der Waals surface area contributed by atoms with Gasteiger partial charge in [-0.25, -0.2) is 0 Å². The van der Waals surface area contributed by atoms with Crippen LogP contribution in [0.3, 0.4) is 0 Å². The first-order chi connectivity index (χ1) is 9.97. The van der Waals surface area contributed by atoms with Crippen LogP contribution in [0.15, 0.2) is 36.4 Å². The van der Waals surface area contributed by atoms with Crippen molar-refractivity contribution in [1.29, 1.82) is 0 Å². The molecule has 0 aliphatic carbocycles. The van der Waals surface area contributed by atoms with Gasteiger partial charge in [-0.1, -0.05) is 46.9 Å². The molecule has 4 nitrogen and oxygen atoms in total. The molecule has 0 saturated heterocycles. The molecule has 3 N–H and O–H groups in total. The number of benzene rings is 2. The highest BCUT2D eigenvalue weighted by Gasteiger charge is 2.12. The Kier molecular flexibility index (Phi) is 5.17. The zero-order chi connectivity index (χ0) is 15.4. The lowest BCUT2D eigenvalue weighted by molar-refractivity contribution is -0.118. The molecular formula is C14H11Cl3N2O2. The highest BCUT2D eigenvalue weighted by Crippen LogP contribution is 2.35. The van der Waals surface area contributed by atoms with E-state index in [1.807, 2.05) is 0 Å². The summed E-state index contributed by atoms with van der Waals surface area (Å²) in [5.41, 5.74) is 6.71. The first kappa shape index (κ1) is 15.8. The van der Waals surface area contributed by atoms with Crippen LogP contribution in [0.1, 0.15) is 0 Å². The van der Waals surface area contributed by atoms with Gasteiger partial charge in [-0.15, -0.1) is 0 Å². The summed E-state index contributed by atoms with van der Waals surface area (Å²) in [5, 5.41) is 3.49. The van der Waals surface area contributed by atoms with Gasteiger partial charge in [0, 0.05) is 5.02 Å². The summed E-state index contributed by atoms with van der Waals surface area (Å²) in [4.78, 5) is 11.8. The Morgan fingerprint density at radius 3 is 2.38 bits per heavy atom. The number of hydrogen-bond acceptors (Lipinski definition) is 3. The fourth-order valence-corrected chi connectivity index (χ4v) is 2.53. The normalized spacial score (nSPS) is 10.2. The van der Waals surface area contributed by atoms with Gasteiger partial charge in [0.15, 0.2) is 12.4 Å². The van der Waals surface area contributed by atoms with Gasteiger partial charge in [0.25, 0.3) is 5.91 Å². The summed E-state index contributed by atoms with van der Waals surface area (Å²) in [6.45, 7) is -0.255. The number of hydrogen-bond donors (Lipinski definition) is 2. The third-order valence-corrected chi connectivity index (χ3v) is 3.33. The van der Waals surface area contributed by atoms with Gasteiger partial charge in [-0.2, -0.15) is 0 Å². The molecule has 110 valence electrons. The number of nitrogen functional groups attached to an aromatic ring is 1. The van der Waals surface area contributed by atoms with Crippen LogP contribution in [-0.4, -0.2) is 12.5 Å². The summed E-state index contributed by atoms with van der Waals surface area (Å²) < 4.78 is 5.32. The fourth-order valence-electron chi connectivity index (χ4n) is 1.60. The van der Waals surface area contributed by atoms with Crippen molar-refractivity contribution in [3.8, 4) is 5.75 Å². The molecule has 21 heavy (non-hydrogen) atoms. The predicted octanol–water partition coefficient (Wildman–Crippen LogP) is 4.25. The molecule has 0 bridgehead atoms. The van der Waals surface area contributed by atoms with E-state index in [9.17, 15) is 4.79 Å². The van der Waals surface area contributed by atoms with Gasteiger partial charge in [0.05, 0.1) is 21.4 Å². The van der Waals surface area contributed by atoms with Crippen LogP contribution in [0.5, 0.6) is 5.75 Å². The quantitative estimate of drug-likeness (QED) is 0.814. The van der Waals surface area contributed by atoms with Gasteiger partial charge in [-0.05, 0) is 24.3 Å². The molecule has 0 saturated carbocycles. The lowest BCUT2D eigenvalue weighted by Gasteiger charge is -2.11. The van der Waals surface area contributed by atoms with Crippen LogP contribution in [0.25, 0.3) is 0 Å². The van der Waals surface area contributed by atoms with E-state index < -0.39 is 0 Å². The van der Waals surface area contributed by atoms with Gasteiger partial charge >= 0.3 is 0 Å². The van der Waals surface area contributed by atoms with Crippen molar-refractivity contribution >= 4 is 52.1 Å². The lowest BCUT2D eigenvalue weighted by atomic mass is 10.2. The second-order valence-corrected chi connectivity index (χ2v) is 5.37. The van der Waals surface area contributed by atoms with Crippen LogP contribution in [0.4, 0.5) is 11.4 Å². The molecule has 0 aliphatic rings. The standard InChI is InChI=1S/C14H11Cl3N2O2/c15-8-5-9(16)14(10(17)6-8)21-7-13(20)19-12-4-2-1-3-11(12)18/h1-6H,7,18H2,(H,19,20). The Hall–Kier alpha value is -1.62. The van der Waals surface area contributed by atoms with Crippen LogP contribution < -0.4 is 15.8 Å². The molecule has 0 heterocycles. The zero-order valence-electron chi connectivity index (χ0n) is 10.7. The molecule has 0 atom stereocenters. The molecule has 2 rings (SSSR count). The monoisotopic (exact) mass is 344 g/mol. The van der Waals surface area contributed by atoms with Crippen molar-refractivity contribution in [2.24, 2.45) is 0 Å². The van der Waals surface area contributed by atoms with Crippen molar-refractivity contribution in [3.05, 3.63) is 51.5 Å². The molecule has 7 heteroatoms. The molecule has 1 amide bonds. The average molecular weight is 346 g/mol. The molecule has 0 aromatic heterocycles. The number of para-hydroxylation sites is 2. The van der Waals surface area contributed by atoms with E-state index >= 15 is 0 Å². The van der Waals surface area contributed by atoms with E-state index in [4.69, 9.17) is 45.3 Å². The number of carbonyl (C=O) groups is 1. The number of nitrogens with two attached hydrogens (primary N) is 1. The summed E-state index contributed by atoms with van der Waals surface area (Å²) in [5.74, 6) is -0.172. The molecule has 2 aromatic rings. The number of halogens is 3. The number of carbonyl (C=O) groups excluding carboxylic acids is 1. The third kappa shape index (κ3) is 4.17. The zero-order valence-corrected chi connectivity index (χ0v) is 13.0. The van der Waals surface area contributed by atoms with Crippen LogP contribution >= 0.6 is 34.8 Å². The molecule has 2 aromatic carbocycles. The largest absolute Gasteiger partial charge is 0.481 e. The van der Waals surface area contributed by atoms with E-state index in [-0.39, 0.29) is 28.3 Å². The third-order valence-electron chi connectivity index (χ3n) is 2.55. The SMILES string of the molecule is Nc1ccccc1NC(=O)COc1c(Cl)cc(Cl)cc1Cl. The van der Waals surface area contributed by atoms with E-state index in [1.54, 1.807) is 24.3 Å². The number of nitrogens with one attached hydrogen (secondary N) is 1. The minimum Gasteiger partial charge on any atom is -0.481 e. The Labute approximate surface area is 136 Å². The predicted molar refractivity (Wildman–Crippen MR) is 86.5 cm³/mol. The topological polar surface area (TPSA) is 64.3 Å². The van der Waals surface area contributed by atoms with E-state index in [0.29, 0.717) is 16.4 Å². The molecule has 0 spiro atoms. The number of amides is 1. The number of rotatable bonds is 4. The first-order valence-electron chi connectivity index (χ1n) is 5.89. The van der Waals surface area contributed by atoms with Crippen molar-refractivity contribution in [2.75, 3.05) is 17.7 Å². The van der Waals surface area contributed by atoms with E-state index in [1.165, 1.54) is 12.1 Å². The van der Waals surface area contributed by atoms with E-state index in [0.717, 1.165) is 0 Å². The second kappa shape index (κ2) is 6.89. The highest BCUT2D eigenvalue weighted by molar-refractivity contribution is 6.40. The molecule has 0 unspecified atom stereocenters. The van der Waals surface area contributed by atoms with Crippen LogP contribution in [0.2, 0.25) is 15.1 Å². The van der Waals surface area contributed by atoms with Gasteiger partial charge in [0.2, 0.25) is 0 Å². The Balaban J connectivity index is 2.01. The molecular weight excluding hydrogens is 335 g/mol. The Morgan fingerprint density at radius 1 is 1.14 bits per heavy atom.